The maximum atomic E-state index is 12.8. The number of furan rings is 1. The Kier molecular flexibility index (Phi) is 6.39. The summed E-state index contributed by atoms with van der Waals surface area (Å²) in [6.07, 6.45) is 1.34. The molecular weight excluding hydrogens is 396 g/mol. The Morgan fingerprint density at radius 1 is 1.07 bits per heavy atom. The van der Waals surface area contributed by atoms with E-state index in [9.17, 15) is 18.0 Å². The van der Waals surface area contributed by atoms with Gasteiger partial charge >= 0.3 is 5.97 Å². The van der Waals surface area contributed by atoms with Gasteiger partial charge in [-0.3, -0.25) is 4.79 Å². The molecule has 1 aromatic carbocycles. The number of amides is 1. The van der Waals surface area contributed by atoms with Crippen LogP contribution in [-0.4, -0.2) is 62.3 Å². The number of hydrogen-bond acceptors (Lipinski definition) is 6. The fourth-order valence-corrected chi connectivity index (χ4v) is 4.46. The summed E-state index contributed by atoms with van der Waals surface area (Å²) < 4.78 is 36.9. The van der Waals surface area contributed by atoms with E-state index in [1.165, 1.54) is 21.5 Å². The predicted molar refractivity (Wildman–Crippen MR) is 105 cm³/mol. The van der Waals surface area contributed by atoms with Crippen LogP contribution in [0.5, 0.6) is 0 Å². The minimum Gasteiger partial charge on any atom is -0.457 e. The number of rotatable bonds is 6. The lowest BCUT2D eigenvalue weighted by Gasteiger charge is -2.33. The van der Waals surface area contributed by atoms with Gasteiger partial charge in [0.25, 0.3) is 5.91 Å². The predicted octanol–water partition coefficient (Wildman–Crippen LogP) is 2.09. The van der Waals surface area contributed by atoms with Crippen molar-refractivity contribution in [2.24, 2.45) is 0 Å². The van der Waals surface area contributed by atoms with Gasteiger partial charge in [0.05, 0.1) is 11.2 Å². The smallest absolute Gasteiger partial charge is 0.374 e. The Balaban J connectivity index is 1.53. The Morgan fingerprint density at radius 3 is 2.28 bits per heavy atom. The Labute approximate surface area is 170 Å². The second-order valence-electron chi connectivity index (χ2n) is 7.06. The third kappa shape index (κ3) is 4.86. The molecule has 3 rings (SSSR count). The highest BCUT2D eigenvalue weighted by Gasteiger charge is 2.30. The number of esters is 1. The first-order valence-electron chi connectivity index (χ1n) is 9.37. The van der Waals surface area contributed by atoms with Gasteiger partial charge in [0.2, 0.25) is 15.8 Å². The molecule has 1 aromatic heterocycles. The maximum absolute atomic E-state index is 12.8. The highest BCUT2D eigenvalue weighted by Crippen LogP contribution is 2.21. The van der Waals surface area contributed by atoms with Gasteiger partial charge in [0, 0.05) is 26.2 Å². The molecule has 0 N–H and O–H groups in total. The van der Waals surface area contributed by atoms with Crippen LogP contribution in [0.4, 0.5) is 0 Å². The second-order valence-corrected chi connectivity index (χ2v) is 9.00. The maximum Gasteiger partial charge on any atom is 0.374 e. The molecule has 0 atom stereocenters. The number of piperazine rings is 1. The first-order chi connectivity index (χ1) is 13.8. The summed E-state index contributed by atoms with van der Waals surface area (Å²) in [6, 6.07) is 9.89. The van der Waals surface area contributed by atoms with Crippen molar-refractivity contribution in [3.63, 3.8) is 0 Å². The Morgan fingerprint density at radius 2 is 1.72 bits per heavy atom. The van der Waals surface area contributed by atoms with Crippen molar-refractivity contribution in [1.29, 1.82) is 0 Å². The van der Waals surface area contributed by atoms with Gasteiger partial charge in [-0.05, 0) is 35.7 Å². The zero-order valence-electron chi connectivity index (χ0n) is 16.4. The van der Waals surface area contributed by atoms with E-state index in [-0.39, 0.29) is 42.7 Å². The van der Waals surface area contributed by atoms with Gasteiger partial charge in [-0.2, -0.15) is 4.31 Å². The molecule has 0 bridgehead atoms. The van der Waals surface area contributed by atoms with Gasteiger partial charge < -0.3 is 14.1 Å². The third-order valence-corrected chi connectivity index (χ3v) is 6.74. The highest BCUT2D eigenvalue weighted by molar-refractivity contribution is 7.89. The van der Waals surface area contributed by atoms with E-state index in [0.717, 1.165) is 5.56 Å². The van der Waals surface area contributed by atoms with Gasteiger partial charge in [-0.15, -0.1) is 0 Å². The molecule has 1 fully saturated rings. The van der Waals surface area contributed by atoms with Crippen LogP contribution < -0.4 is 0 Å². The topological polar surface area (TPSA) is 97.1 Å². The first-order valence-corrected chi connectivity index (χ1v) is 10.8. The minimum absolute atomic E-state index is 0.0252. The summed E-state index contributed by atoms with van der Waals surface area (Å²) >= 11 is 0. The van der Waals surface area contributed by atoms with E-state index in [2.05, 4.69) is 0 Å². The molecule has 29 heavy (non-hydrogen) atoms. The van der Waals surface area contributed by atoms with Gasteiger partial charge in [-0.1, -0.05) is 26.0 Å². The standard InChI is InChI=1S/C20H24N2O6S/c1-15(2)16-5-7-17(8-6-16)29(25,26)22-11-9-21(10-12-22)19(23)14-28-20(24)18-4-3-13-27-18/h3-8,13,15H,9-12,14H2,1-2H3. The fraction of sp³-hybridized carbons (Fsp3) is 0.400. The molecule has 2 aromatic rings. The number of carbonyl (C=O) groups is 2. The van der Waals surface area contributed by atoms with E-state index in [1.807, 2.05) is 26.0 Å². The van der Waals surface area contributed by atoms with Crippen molar-refractivity contribution < 1.29 is 27.2 Å². The second kappa shape index (κ2) is 8.79. The average Bonchev–Trinajstić information content (AvgIpc) is 3.27. The first kappa shape index (κ1) is 21.1. The number of ether oxygens (including phenoxy) is 1. The molecule has 0 saturated carbocycles. The van der Waals surface area contributed by atoms with Crippen LogP contribution in [0.25, 0.3) is 0 Å². The largest absolute Gasteiger partial charge is 0.457 e. The molecule has 0 unspecified atom stereocenters. The monoisotopic (exact) mass is 420 g/mol. The summed E-state index contributed by atoms with van der Waals surface area (Å²) in [5.74, 6) is -0.738. The minimum atomic E-state index is -3.61. The molecule has 1 aliphatic rings. The number of benzene rings is 1. The van der Waals surface area contributed by atoms with Crippen LogP contribution in [0, 0.1) is 0 Å². The van der Waals surface area contributed by atoms with Gasteiger partial charge in [0.1, 0.15) is 0 Å². The van der Waals surface area contributed by atoms with E-state index >= 15 is 0 Å². The summed E-state index contributed by atoms with van der Waals surface area (Å²) in [6.45, 7) is 4.53. The summed E-state index contributed by atoms with van der Waals surface area (Å²) in [4.78, 5) is 25.7. The number of hydrogen-bond donors (Lipinski definition) is 0. The molecule has 1 amide bonds. The average molecular weight is 420 g/mol. The summed E-state index contributed by atoms with van der Waals surface area (Å²) in [5.41, 5.74) is 1.07. The molecular formula is C20H24N2O6S. The molecule has 2 heterocycles. The molecule has 8 nitrogen and oxygen atoms in total. The van der Waals surface area contributed by atoms with E-state index in [1.54, 1.807) is 18.2 Å². The van der Waals surface area contributed by atoms with Crippen molar-refractivity contribution in [3.05, 3.63) is 54.0 Å². The van der Waals surface area contributed by atoms with Crippen molar-refractivity contribution >= 4 is 21.9 Å². The van der Waals surface area contributed by atoms with Crippen LogP contribution in [0.1, 0.15) is 35.9 Å². The summed E-state index contributed by atoms with van der Waals surface area (Å²) in [7, 11) is -3.61. The zero-order valence-corrected chi connectivity index (χ0v) is 17.2. The molecule has 0 spiro atoms. The molecule has 1 aliphatic heterocycles. The number of sulfonamides is 1. The molecule has 0 radical (unpaired) electrons. The fourth-order valence-electron chi connectivity index (χ4n) is 3.04. The van der Waals surface area contributed by atoms with Crippen LogP contribution in [0.15, 0.2) is 52.0 Å². The van der Waals surface area contributed by atoms with Crippen molar-refractivity contribution in [2.75, 3.05) is 32.8 Å². The van der Waals surface area contributed by atoms with Crippen molar-refractivity contribution in [3.8, 4) is 0 Å². The van der Waals surface area contributed by atoms with Crippen LogP contribution in [0.2, 0.25) is 0 Å². The van der Waals surface area contributed by atoms with Crippen molar-refractivity contribution in [2.45, 2.75) is 24.7 Å². The van der Waals surface area contributed by atoms with Crippen LogP contribution >= 0.6 is 0 Å². The quantitative estimate of drug-likeness (QED) is 0.664. The summed E-state index contributed by atoms with van der Waals surface area (Å²) in [5, 5.41) is 0. The normalized spacial score (nSPS) is 15.5. The van der Waals surface area contributed by atoms with Crippen LogP contribution in [0.3, 0.4) is 0 Å². The lowest BCUT2D eigenvalue weighted by Crippen LogP contribution is -2.51. The molecule has 1 saturated heterocycles. The molecule has 9 heteroatoms. The third-order valence-electron chi connectivity index (χ3n) is 4.82. The van der Waals surface area contributed by atoms with Crippen molar-refractivity contribution in [1.82, 2.24) is 9.21 Å². The SMILES string of the molecule is CC(C)c1ccc(S(=O)(=O)N2CCN(C(=O)COC(=O)c3ccco3)CC2)cc1. The highest BCUT2D eigenvalue weighted by atomic mass is 32.2. The lowest BCUT2D eigenvalue weighted by atomic mass is 10.0. The number of nitrogens with zero attached hydrogens (tertiary/aromatic N) is 2. The van der Waals surface area contributed by atoms with Gasteiger partial charge in [0.15, 0.2) is 6.61 Å². The Bertz CT molecular complexity index is 943. The molecule has 156 valence electrons. The van der Waals surface area contributed by atoms with Gasteiger partial charge in [-0.25, -0.2) is 13.2 Å². The Hall–Kier alpha value is -2.65. The lowest BCUT2D eigenvalue weighted by molar-refractivity contribution is -0.135. The zero-order chi connectivity index (χ0) is 21.0. The van der Waals surface area contributed by atoms with E-state index in [0.29, 0.717) is 5.92 Å². The van der Waals surface area contributed by atoms with E-state index in [4.69, 9.17) is 9.15 Å². The molecule has 0 aliphatic carbocycles. The van der Waals surface area contributed by atoms with Crippen LogP contribution in [-0.2, 0) is 19.6 Å². The van der Waals surface area contributed by atoms with E-state index < -0.39 is 22.6 Å². The number of carbonyl (C=O) groups excluding carboxylic acids is 2.